The summed E-state index contributed by atoms with van der Waals surface area (Å²) < 4.78 is 0. The first-order valence-electron chi connectivity index (χ1n) is 6.62. The number of carbonyl (C=O) groups is 1. The number of anilines is 1. The highest BCUT2D eigenvalue weighted by molar-refractivity contribution is 5.80. The average molecular weight is 258 g/mol. The quantitative estimate of drug-likeness (QED) is 0.836. The Morgan fingerprint density at radius 1 is 1.32 bits per heavy atom. The van der Waals surface area contributed by atoms with Crippen LogP contribution < -0.4 is 4.90 Å². The summed E-state index contributed by atoms with van der Waals surface area (Å²) in [4.78, 5) is 22.8. The largest absolute Gasteiger partial charge is 0.369 e. The number of benzene rings is 1. The van der Waals surface area contributed by atoms with E-state index in [1.54, 1.807) is 0 Å². The summed E-state index contributed by atoms with van der Waals surface area (Å²) in [6.45, 7) is 4.30. The van der Waals surface area contributed by atoms with Gasteiger partial charge in [-0.15, -0.1) is 0 Å². The smallest absolute Gasteiger partial charge is 0.127 e. The highest BCUT2D eigenvalue weighted by Crippen LogP contribution is 2.21. The Bertz CT molecular complexity index is 584. The number of hydrogen-bond donors (Lipinski definition) is 1. The van der Waals surface area contributed by atoms with Gasteiger partial charge in [-0.2, -0.15) is 0 Å². The van der Waals surface area contributed by atoms with Crippen LogP contribution >= 0.6 is 0 Å². The molecular weight excluding hydrogens is 240 g/mol. The molecule has 1 aliphatic rings. The molecule has 0 unspecified atom stereocenters. The highest BCUT2D eigenvalue weighted by Gasteiger charge is 2.15. The number of aromatic nitrogens is 2. The van der Waals surface area contributed by atoms with E-state index in [0.717, 1.165) is 49.3 Å². The Labute approximate surface area is 112 Å². The van der Waals surface area contributed by atoms with Gasteiger partial charge >= 0.3 is 0 Å². The third-order valence-electron chi connectivity index (χ3n) is 3.66. The molecule has 2 aromatic rings. The third-order valence-corrected chi connectivity index (χ3v) is 3.66. The van der Waals surface area contributed by atoms with Crippen LogP contribution in [0.5, 0.6) is 0 Å². The molecule has 3 rings (SSSR count). The zero-order chi connectivity index (χ0) is 13.2. The molecule has 1 aliphatic heterocycles. The lowest BCUT2D eigenvalue weighted by Gasteiger charge is -2.34. The number of fused-ring (bicyclic) bond motifs is 1. The van der Waals surface area contributed by atoms with Crippen LogP contribution in [0.15, 0.2) is 18.2 Å². The lowest BCUT2D eigenvalue weighted by Crippen LogP contribution is -2.44. The van der Waals surface area contributed by atoms with E-state index in [1.165, 1.54) is 5.69 Å². The van der Waals surface area contributed by atoms with Gasteiger partial charge in [0.2, 0.25) is 0 Å². The van der Waals surface area contributed by atoms with Gasteiger partial charge in [0.25, 0.3) is 0 Å². The summed E-state index contributed by atoms with van der Waals surface area (Å²) in [7, 11) is 2.15. The third kappa shape index (κ3) is 2.46. The van der Waals surface area contributed by atoms with Gasteiger partial charge in [-0.3, -0.25) is 0 Å². The Kier molecular flexibility index (Phi) is 3.21. The number of carbonyl (C=O) groups excluding carboxylic acids is 1. The molecule has 19 heavy (non-hydrogen) atoms. The number of likely N-dealkylation sites (N-methyl/N-ethyl adjacent to an activating group) is 1. The summed E-state index contributed by atoms with van der Waals surface area (Å²) >= 11 is 0. The summed E-state index contributed by atoms with van der Waals surface area (Å²) in [6, 6.07) is 6.26. The van der Waals surface area contributed by atoms with E-state index in [4.69, 9.17) is 0 Å². The van der Waals surface area contributed by atoms with Crippen molar-refractivity contribution in [2.24, 2.45) is 0 Å². The van der Waals surface area contributed by atoms with Crippen LogP contribution in [0.25, 0.3) is 11.0 Å². The van der Waals surface area contributed by atoms with Crippen LogP contribution in [0.2, 0.25) is 0 Å². The Morgan fingerprint density at radius 3 is 2.84 bits per heavy atom. The SMILES string of the molecule is CN1CCN(c2ccc3nc(CC=O)[nH]c3c2)CC1. The number of piperazine rings is 1. The lowest BCUT2D eigenvalue weighted by atomic mass is 10.2. The number of aldehydes is 1. The monoisotopic (exact) mass is 258 g/mol. The first-order valence-corrected chi connectivity index (χ1v) is 6.62. The summed E-state index contributed by atoms with van der Waals surface area (Å²) in [5, 5.41) is 0. The maximum atomic E-state index is 10.5. The summed E-state index contributed by atoms with van der Waals surface area (Å²) in [5.74, 6) is 0.737. The maximum Gasteiger partial charge on any atom is 0.127 e. The Morgan fingerprint density at radius 2 is 2.11 bits per heavy atom. The van der Waals surface area contributed by atoms with Crippen molar-refractivity contribution >= 4 is 23.0 Å². The Balaban J connectivity index is 1.86. The van der Waals surface area contributed by atoms with Crippen molar-refractivity contribution in [3.63, 3.8) is 0 Å². The van der Waals surface area contributed by atoms with Gasteiger partial charge in [0.15, 0.2) is 0 Å². The van der Waals surface area contributed by atoms with E-state index >= 15 is 0 Å². The Hall–Kier alpha value is -1.88. The fourth-order valence-electron chi connectivity index (χ4n) is 2.49. The molecule has 1 aromatic heterocycles. The molecule has 2 heterocycles. The molecule has 0 spiro atoms. The van der Waals surface area contributed by atoms with Crippen LogP contribution in [-0.4, -0.2) is 54.4 Å². The van der Waals surface area contributed by atoms with Crippen LogP contribution in [0.4, 0.5) is 5.69 Å². The number of nitrogens with one attached hydrogen (secondary N) is 1. The minimum atomic E-state index is 0.346. The normalized spacial score (nSPS) is 17.0. The van der Waals surface area contributed by atoms with Gasteiger partial charge in [-0.25, -0.2) is 4.98 Å². The van der Waals surface area contributed by atoms with Crippen LogP contribution in [0, 0.1) is 0 Å². The van der Waals surface area contributed by atoms with Crippen molar-refractivity contribution < 1.29 is 4.79 Å². The fourth-order valence-corrected chi connectivity index (χ4v) is 2.49. The standard InChI is InChI=1S/C14H18N4O/c1-17-5-7-18(8-6-17)11-2-3-12-13(10-11)16-14(15-12)4-9-19/h2-3,9-10H,4-8H2,1H3,(H,15,16). The molecule has 1 fully saturated rings. The van der Waals surface area contributed by atoms with Crippen molar-refractivity contribution in [2.45, 2.75) is 6.42 Å². The number of imidazole rings is 1. The van der Waals surface area contributed by atoms with Gasteiger partial charge < -0.3 is 19.6 Å². The molecule has 1 N–H and O–H groups in total. The van der Waals surface area contributed by atoms with E-state index in [1.807, 2.05) is 6.07 Å². The number of aromatic amines is 1. The molecule has 0 saturated carbocycles. The van der Waals surface area contributed by atoms with Crippen LogP contribution in [-0.2, 0) is 11.2 Å². The van der Waals surface area contributed by atoms with Gasteiger partial charge in [0.1, 0.15) is 12.1 Å². The molecule has 0 aliphatic carbocycles. The lowest BCUT2D eigenvalue weighted by molar-refractivity contribution is -0.107. The minimum Gasteiger partial charge on any atom is -0.369 e. The molecular formula is C14H18N4O. The van der Waals surface area contributed by atoms with Crippen molar-refractivity contribution in [3.8, 4) is 0 Å². The summed E-state index contributed by atoms with van der Waals surface area (Å²) in [5.41, 5.74) is 3.16. The molecule has 0 amide bonds. The van der Waals surface area contributed by atoms with Crippen LogP contribution in [0.1, 0.15) is 5.82 Å². The maximum absolute atomic E-state index is 10.5. The first-order chi connectivity index (χ1) is 9.26. The molecule has 100 valence electrons. The highest BCUT2D eigenvalue weighted by atomic mass is 16.1. The number of H-pyrrole nitrogens is 1. The predicted octanol–water partition coefficient (Wildman–Crippen LogP) is 1.06. The van der Waals surface area contributed by atoms with Gasteiger partial charge in [-0.05, 0) is 25.2 Å². The minimum absolute atomic E-state index is 0.346. The number of hydrogen-bond acceptors (Lipinski definition) is 4. The first kappa shape index (κ1) is 12.2. The molecule has 0 radical (unpaired) electrons. The molecule has 0 bridgehead atoms. The van der Waals surface area contributed by atoms with Gasteiger partial charge in [0.05, 0.1) is 17.5 Å². The molecule has 5 nitrogen and oxygen atoms in total. The fraction of sp³-hybridized carbons (Fsp3) is 0.429. The topological polar surface area (TPSA) is 52.2 Å². The zero-order valence-electron chi connectivity index (χ0n) is 11.1. The van der Waals surface area contributed by atoms with Crippen molar-refractivity contribution in [1.82, 2.24) is 14.9 Å². The molecule has 1 saturated heterocycles. The second-order valence-corrected chi connectivity index (χ2v) is 5.05. The molecule has 0 atom stereocenters. The molecule has 1 aromatic carbocycles. The van der Waals surface area contributed by atoms with E-state index in [9.17, 15) is 4.79 Å². The number of nitrogens with zero attached hydrogens (tertiary/aromatic N) is 3. The second kappa shape index (κ2) is 5.01. The predicted molar refractivity (Wildman–Crippen MR) is 75.6 cm³/mol. The van der Waals surface area contributed by atoms with E-state index in [0.29, 0.717) is 6.42 Å². The van der Waals surface area contributed by atoms with Crippen molar-refractivity contribution in [2.75, 3.05) is 38.1 Å². The van der Waals surface area contributed by atoms with Crippen molar-refractivity contribution in [1.29, 1.82) is 0 Å². The van der Waals surface area contributed by atoms with Gasteiger partial charge in [0, 0.05) is 31.9 Å². The van der Waals surface area contributed by atoms with E-state index in [-0.39, 0.29) is 0 Å². The summed E-state index contributed by atoms with van der Waals surface area (Å²) in [6.07, 6.45) is 1.22. The average Bonchev–Trinajstić information content (AvgIpc) is 2.81. The van der Waals surface area contributed by atoms with E-state index in [2.05, 4.69) is 38.9 Å². The molecule has 5 heteroatoms. The zero-order valence-corrected chi connectivity index (χ0v) is 11.1. The second-order valence-electron chi connectivity index (χ2n) is 5.05. The van der Waals surface area contributed by atoms with E-state index < -0.39 is 0 Å². The van der Waals surface area contributed by atoms with Gasteiger partial charge in [-0.1, -0.05) is 0 Å². The van der Waals surface area contributed by atoms with Crippen molar-refractivity contribution in [3.05, 3.63) is 24.0 Å². The number of rotatable bonds is 3. The van der Waals surface area contributed by atoms with Crippen LogP contribution in [0.3, 0.4) is 0 Å².